The zero-order valence-electron chi connectivity index (χ0n) is 9.38. The fourth-order valence-corrected chi connectivity index (χ4v) is 1.48. The van der Waals surface area contributed by atoms with Gasteiger partial charge >= 0.3 is 0 Å². The smallest absolute Gasteiger partial charge is 0.270 e. The number of hydrogen-bond acceptors (Lipinski definition) is 4. The van der Waals surface area contributed by atoms with E-state index in [1.54, 1.807) is 0 Å². The normalized spacial score (nSPS) is 14.4. The Balaban J connectivity index is 3.11. The molecule has 0 saturated heterocycles. The molecule has 0 aromatic heterocycles. The van der Waals surface area contributed by atoms with Crippen LogP contribution in [0.3, 0.4) is 0 Å². The van der Waals surface area contributed by atoms with E-state index in [0.29, 0.717) is 5.56 Å². The molecule has 0 fully saturated rings. The standard InChI is InChI=1S/C11H16N2O3/c1-3-7(2)11(12)9-6-8(13(15)16)4-5-10(9)14/h4-7,11,14H,3,12H2,1-2H3/t7?,11-/m1/s1. The van der Waals surface area contributed by atoms with E-state index < -0.39 is 4.92 Å². The molecular formula is C11H16N2O3. The maximum atomic E-state index is 10.6. The number of hydrogen-bond donors (Lipinski definition) is 2. The Kier molecular flexibility index (Phi) is 3.84. The van der Waals surface area contributed by atoms with Crippen molar-refractivity contribution in [1.82, 2.24) is 0 Å². The molecule has 0 amide bonds. The van der Waals surface area contributed by atoms with E-state index in [1.807, 2.05) is 13.8 Å². The average molecular weight is 224 g/mol. The molecule has 2 atom stereocenters. The van der Waals surface area contributed by atoms with Crippen LogP contribution in [0.5, 0.6) is 5.75 Å². The van der Waals surface area contributed by atoms with E-state index >= 15 is 0 Å². The molecule has 0 bridgehead atoms. The van der Waals surface area contributed by atoms with Gasteiger partial charge in [-0.1, -0.05) is 20.3 Å². The molecule has 0 aliphatic heterocycles. The first-order valence-corrected chi connectivity index (χ1v) is 5.20. The van der Waals surface area contributed by atoms with Gasteiger partial charge in [0.15, 0.2) is 0 Å². The molecule has 0 radical (unpaired) electrons. The number of nitro benzene ring substituents is 1. The monoisotopic (exact) mass is 224 g/mol. The molecule has 16 heavy (non-hydrogen) atoms. The number of aromatic hydroxyl groups is 1. The minimum Gasteiger partial charge on any atom is -0.508 e. The summed E-state index contributed by atoms with van der Waals surface area (Å²) in [5.74, 6) is 0.173. The lowest BCUT2D eigenvalue weighted by Gasteiger charge is -2.19. The molecule has 0 aliphatic rings. The van der Waals surface area contributed by atoms with Gasteiger partial charge in [-0.05, 0) is 12.0 Å². The molecule has 1 rings (SSSR count). The summed E-state index contributed by atoms with van der Waals surface area (Å²) in [6.07, 6.45) is 0.850. The summed E-state index contributed by atoms with van der Waals surface area (Å²) in [6, 6.07) is 3.54. The van der Waals surface area contributed by atoms with Crippen LogP contribution in [0, 0.1) is 16.0 Å². The third-order valence-electron chi connectivity index (χ3n) is 2.84. The zero-order chi connectivity index (χ0) is 12.3. The van der Waals surface area contributed by atoms with E-state index in [2.05, 4.69) is 0 Å². The summed E-state index contributed by atoms with van der Waals surface area (Å²) in [5, 5.41) is 20.2. The second-order valence-electron chi connectivity index (χ2n) is 3.91. The highest BCUT2D eigenvalue weighted by Gasteiger charge is 2.19. The Labute approximate surface area is 94.0 Å². The molecule has 0 aliphatic carbocycles. The minimum absolute atomic E-state index is 0.0124. The number of non-ortho nitro benzene ring substituents is 1. The Bertz CT molecular complexity index is 393. The second-order valence-corrected chi connectivity index (χ2v) is 3.91. The van der Waals surface area contributed by atoms with E-state index in [-0.39, 0.29) is 23.4 Å². The van der Waals surface area contributed by atoms with Crippen LogP contribution in [-0.2, 0) is 0 Å². The van der Waals surface area contributed by atoms with Crippen molar-refractivity contribution in [2.24, 2.45) is 11.7 Å². The summed E-state index contributed by atoms with van der Waals surface area (Å²) in [7, 11) is 0. The van der Waals surface area contributed by atoms with Crippen molar-refractivity contribution in [1.29, 1.82) is 0 Å². The van der Waals surface area contributed by atoms with Crippen molar-refractivity contribution in [3.8, 4) is 5.75 Å². The molecule has 3 N–H and O–H groups in total. The molecule has 5 nitrogen and oxygen atoms in total. The molecule has 88 valence electrons. The number of nitrogens with two attached hydrogens (primary N) is 1. The first-order chi connectivity index (χ1) is 7.47. The van der Waals surface area contributed by atoms with Crippen molar-refractivity contribution in [2.75, 3.05) is 0 Å². The molecule has 0 spiro atoms. The first-order valence-electron chi connectivity index (χ1n) is 5.20. The van der Waals surface area contributed by atoms with Crippen molar-refractivity contribution >= 4 is 5.69 Å². The van der Waals surface area contributed by atoms with Gasteiger partial charge in [-0.25, -0.2) is 0 Å². The average Bonchev–Trinajstić information content (AvgIpc) is 2.27. The molecule has 5 heteroatoms. The van der Waals surface area contributed by atoms with Gasteiger partial charge in [-0.15, -0.1) is 0 Å². The van der Waals surface area contributed by atoms with Gasteiger partial charge in [0.2, 0.25) is 0 Å². The van der Waals surface area contributed by atoms with Crippen LogP contribution in [0.2, 0.25) is 0 Å². The third kappa shape index (κ3) is 2.49. The van der Waals surface area contributed by atoms with Crippen LogP contribution < -0.4 is 5.73 Å². The molecular weight excluding hydrogens is 208 g/mol. The van der Waals surface area contributed by atoms with Gasteiger partial charge in [0.25, 0.3) is 5.69 Å². The highest BCUT2D eigenvalue weighted by Crippen LogP contribution is 2.31. The van der Waals surface area contributed by atoms with E-state index in [1.165, 1.54) is 18.2 Å². The summed E-state index contributed by atoms with van der Waals surface area (Å²) >= 11 is 0. The van der Waals surface area contributed by atoms with Crippen LogP contribution >= 0.6 is 0 Å². The van der Waals surface area contributed by atoms with Gasteiger partial charge in [-0.3, -0.25) is 10.1 Å². The maximum absolute atomic E-state index is 10.6. The largest absolute Gasteiger partial charge is 0.508 e. The van der Waals surface area contributed by atoms with E-state index in [9.17, 15) is 15.2 Å². The van der Waals surface area contributed by atoms with Gasteiger partial charge < -0.3 is 10.8 Å². The van der Waals surface area contributed by atoms with Gasteiger partial charge in [0.05, 0.1) is 4.92 Å². The Morgan fingerprint density at radius 3 is 2.69 bits per heavy atom. The summed E-state index contributed by atoms with van der Waals surface area (Å²) in [6.45, 7) is 3.93. The van der Waals surface area contributed by atoms with Crippen LogP contribution in [-0.4, -0.2) is 10.0 Å². The van der Waals surface area contributed by atoms with Gasteiger partial charge in [-0.2, -0.15) is 0 Å². The Hall–Kier alpha value is -1.62. The summed E-state index contributed by atoms with van der Waals surface area (Å²) < 4.78 is 0. The number of phenolic OH excluding ortho intramolecular Hbond substituents is 1. The van der Waals surface area contributed by atoms with Crippen LogP contribution in [0.25, 0.3) is 0 Å². The molecule has 0 heterocycles. The minimum atomic E-state index is -0.494. The highest BCUT2D eigenvalue weighted by atomic mass is 16.6. The summed E-state index contributed by atoms with van der Waals surface area (Å²) in [5.41, 5.74) is 6.32. The lowest BCUT2D eigenvalue weighted by molar-refractivity contribution is -0.385. The number of nitrogens with zero attached hydrogens (tertiary/aromatic N) is 1. The lowest BCUT2D eigenvalue weighted by Crippen LogP contribution is -2.18. The highest BCUT2D eigenvalue weighted by molar-refractivity contribution is 5.44. The van der Waals surface area contributed by atoms with Gasteiger partial charge in [0, 0.05) is 23.7 Å². The number of phenols is 1. The molecule has 1 unspecified atom stereocenters. The quantitative estimate of drug-likeness (QED) is 0.606. The zero-order valence-corrected chi connectivity index (χ0v) is 9.38. The predicted octanol–water partition coefficient (Wildman–Crippen LogP) is 2.35. The van der Waals surface area contributed by atoms with Crippen molar-refractivity contribution in [2.45, 2.75) is 26.3 Å². The number of rotatable bonds is 4. The second kappa shape index (κ2) is 4.94. The number of benzene rings is 1. The van der Waals surface area contributed by atoms with E-state index in [4.69, 9.17) is 5.73 Å². The molecule has 1 aromatic rings. The lowest BCUT2D eigenvalue weighted by atomic mass is 9.92. The Morgan fingerprint density at radius 1 is 1.56 bits per heavy atom. The number of nitro groups is 1. The van der Waals surface area contributed by atoms with E-state index in [0.717, 1.165) is 6.42 Å². The fraction of sp³-hybridized carbons (Fsp3) is 0.455. The summed E-state index contributed by atoms with van der Waals surface area (Å²) in [4.78, 5) is 10.1. The topological polar surface area (TPSA) is 89.4 Å². The third-order valence-corrected chi connectivity index (χ3v) is 2.84. The van der Waals surface area contributed by atoms with Crippen molar-refractivity contribution in [3.63, 3.8) is 0 Å². The Morgan fingerprint density at radius 2 is 2.19 bits per heavy atom. The SMILES string of the molecule is CCC(C)[C@@H](N)c1cc([N+](=O)[O-])ccc1O. The van der Waals surface area contributed by atoms with Crippen molar-refractivity contribution < 1.29 is 10.0 Å². The van der Waals surface area contributed by atoms with Crippen LogP contribution in [0.15, 0.2) is 18.2 Å². The fourth-order valence-electron chi connectivity index (χ4n) is 1.48. The first kappa shape index (κ1) is 12.4. The van der Waals surface area contributed by atoms with Crippen LogP contribution in [0.4, 0.5) is 5.69 Å². The van der Waals surface area contributed by atoms with Crippen molar-refractivity contribution in [3.05, 3.63) is 33.9 Å². The van der Waals surface area contributed by atoms with Crippen LogP contribution in [0.1, 0.15) is 31.9 Å². The van der Waals surface area contributed by atoms with Gasteiger partial charge in [0.1, 0.15) is 5.75 Å². The molecule has 1 aromatic carbocycles. The molecule has 0 saturated carbocycles. The predicted molar refractivity (Wildman–Crippen MR) is 61.1 cm³/mol. The maximum Gasteiger partial charge on any atom is 0.270 e.